The van der Waals surface area contributed by atoms with Crippen LogP contribution in [0.3, 0.4) is 0 Å². The van der Waals surface area contributed by atoms with E-state index < -0.39 is 6.09 Å². The zero-order chi connectivity index (χ0) is 15.3. The van der Waals surface area contributed by atoms with Crippen LogP contribution in [0.1, 0.15) is 49.1 Å². The van der Waals surface area contributed by atoms with Crippen molar-refractivity contribution in [3.63, 3.8) is 0 Å². The van der Waals surface area contributed by atoms with Crippen molar-refractivity contribution in [2.75, 3.05) is 18.4 Å². The number of benzene rings is 1. The van der Waals surface area contributed by atoms with Crippen molar-refractivity contribution in [2.45, 2.75) is 43.4 Å². The van der Waals surface area contributed by atoms with Gasteiger partial charge in [-0.1, -0.05) is 18.6 Å². The van der Waals surface area contributed by atoms with E-state index in [1.165, 1.54) is 16.0 Å². The summed E-state index contributed by atoms with van der Waals surface area (Å²) in [6, 6.07) is 6.32. The molecule has 2 N–H and O–H groups in total. The molecule has 2 fully saturated rings. The average Bonchev–Trinajstić information content (AvgIpc) is 2.78. The molecule has 1 saturated carbocycles. The maximum absolute atomic E-state index is 12.3. The molecular weight excluding hydrogens is 280 g/mol. The quantitative estimate of drug-likeness (QED) is 0.838. The first kappa shape index (κ1) is 13.6. The first-order valence-electron chi connectivity index (χ1n) is 8.04. The van der Waals surface area contributed by atoms with Crippen LogP contribution in [0.2, 0.25) is 0 Å². The van der Waals surface area contributed by atoms with E-state index >= 15 is 0 Å². The van der Waals surface area contributed by atoms with Crippen LogP contribution in [0.4, 0.5) is 10.5 Å². The van der Waals surface area contributed by atoms with Gasteiger partial charge in [0.25, 0.3) is 0 Å². The molecule has 1 spiro atoms. The van der Waals surface area contributed by atoms with Crippen LogP contribution in [-0.4, -0.2) is 35.1 Å². The summed E-state index contributed by atoms with van der Waals surface area (Å²) in [5.41, 5.74) is 3.12. The number of fused-ring (bicyclic) bond motifs is 2. The van der Waals surface area contributed by atoms with Gasteiger partial charge in [-0.2, -0.15) is 0 Å². The summed E-state index contributed by atoms with van der Waals surface area (Å²) in [6.45, 7) is 1.19. The highest BCUT2D eigenvalue weighted by molar-refractivity contribution is 6.07. The lowest BCUT2D eigenvalue weighted by Gasteiger charge is -2.36. The van der Waals surface area contributed by atoms with Crippen LogP contribution in [0, 0.1) is 0 Å². The highest BCUT2D eigenvalue weighted by atomic mass is 16.4. The molecule has 3 aliphatic rings. The smallest absolute Gasteiger partial charge is 0.407 e. The van der Waals surface area contributed by atoms with Crippen molar-refractivity contribution in [1.29, 1.82) is 0 Å². The van der Waals surface area contributed by atoms with Crippen LogP contribution in [-0.2, 0) is 10.2 Å². The number of nitrogens with zero attached hydrogens (tertiary/aromatic N) is 1. The Labute approximate surface area is 129 Å². The summed E-state index contributed by atoms with van der Waals surface area (Å²) in [5.74, 6) is 0.556. The summed E-state index contributed by atoms with van der Waals surface area (Å²) >= 11 is 0. The number of likely N-dealkylation sites (tertiary alicyclic amines) is 1. The highest BCUT2D eigenvalue weighted by Crippen LogP contribution is 2.51. The molecule has 0 unspecified atom stereocenters. The van der Waals surface area contributed by atoms with Gasteiger partial charge in [0, 0.05) is 18.8 Å². The molecule has 2 amide bonds. The second kappa shape index (κ2) is 4.73. The summed E-state index contributed by atoms with van der Waals surface area (Å²) in [6.07, 6.45) is 3.92. The average molecular weight is 300 g/mol. The number of carboxylic acid groups (broad SMARTS) is 1. The molecule has 2 aliphatic heterocycles. The Balaban J connectivity index is 1.58. The fourth-order valence-corrected chi connectivity index (χ4v) is 4.12. The monoisotopic (exact) mass is 300 g/mol. The van der Waals surface area contributed by atoms with E-state index in [0.29, 0.717) is 19.0 Å². The van der Waals surface area contributed by atoms with E-state index in [9.17, 15) is 9.59 Å². The van der Waals surface area contributed by atoms with Gasteiger partial charge < -0.3 is 15.3 Å². The largest absolute Gasteiger partial charge is 0.465 e. The van der Waals surface area contributed by atoms with Crippen molar-refractivity contribution < 1.29 is 14.7 Å². The second-order valence-corrected chi connectivity index (χ2v) is 6.74. The molecule has 1 aromatic carbocycles. The van der Waals surface area contributed by atoms with E-state index in [1.807, 2.05) is 6.07 Å². The van der Waals surface area contributed by atoms with Crippen LogP contribution in [0.5, 0.6) is 0 Å². The molecular formula is C17H20N2O3. The van der Waals surface area contributed by atoms with Gasteiger partial charge in [0.2, 0.25) is 5.91 Å². The molecule has 0 aromatic heterocycles. The first-order chi connectivity index (χ1) is 10.6. The summed E-state index contributed by atoms with van der Waals surface area (Å²) in [7, 11) is 0. The van der Waals surface area contributed by atoms with Crippen LogP contribution >= 0.6 is 0 Å². The highest BCUT2D eigenvalue weighted by Gasteiger charge is 2.51. The molecule has 0 bridgehead atoms. The number of nitrogens with one attached hydrogen (secondary N) is 1. The van der Waals surface area contributed by atoms with Crippen LogP contribution < -0.4 is 5.32 Å². The lowest BCUT2D eigenvalue weighted by atomic mass is 9.65. The minimum absolute atomic E-state index is 0.159. The molecule has 1 saturated heterocycles. The minimum atomic E-state index is -0.823. The number of carbonyl (C=O) groups is 2. The Bertz CT molecular complexity index is 643. The SMILES string of the molecule is O=C(O)N1CCC(c2ccc3c(c2)C2(CCC2)C(=O)N3)CC1. The topological polar surface area (TPSA) is 69.6 Å². The maximum Gasteiger partial charge on any atom is 0.407 e. The van der Waals surface area contributed by atoms with Crippen molar-refractivity contribution in [1.82, 2.24) is 4.90 Å². The van der Waals surface area contributed by atoms with E-state index in [4.69, 9.17) is 5.11 Å². The van der Waals surface area contributed by atoms with Gasteiger partial charge >= 0.3 is 6.09 Å². The number of hydrogen-bond donors (Lipinski definition) is 2. The Morgan fingerprint density at radius 3 is 2.59 bits per heavy atom. The molecule has 2 heterocycles. The Morgan fingerprint density at radius 1 is 1.27 bits per heavy atom. The third-order valence-electron chi connectivity index (χ3n) is 5.69. The van der Waals surface area contributed by atoms with Gasteiger partial charge in [0.15, 0.2) is 0 Å². The Hall–Kier alpha value is -2.04. The maximum atomic E-state index is 12.3. The van der Waals surface area contributed by atoms with E-state index in [2.05, 4.69) is 17.4 Å². The number of hydrogen-bond acceptors (Lipinski definition) is 2. The molecule has 0 atom stereocenters. The van der Waals surface area contributed by atoms with Gasteiger partial charge in [-0.05, 0) is 48.8 Å². The number of rotatable bonds is 1. The van der Waals surface area contributed by atoms with Crippen LogP contribution in [0.25, 0.3) is 0 Å². The normalized spacial score (nSPS) is 23.1. The molecule has 1 aromatic rings. The summed E-state index contributed by atoms with van der Waals surface area (Å²) in [4.78, 5) is 24.7. The van der Waals surface area contributed by atoms with Crippen molar-refractivity contribution in [2.24, 2.45) is 0 Å². The van der Waals surface area contributed by atoms with Gasteiger partial charge in [0.1, 0.15) is 0 Å². The third kappa shape index (κ3) is 1.84. The van der Waals surface area contributed by atoms with Crippen LogP contribution in [0.15, 0.2) is 18.2 Å². The van der Waals surface area contributed by atoms with Gasteiger partial charge in [-0.15, -0.1) is 0 Å². The van der Waals surface area contributed by atoms with Crippen molar-refractivity contribution in [3.05, 3.63) is 29.3 Å². The number of piperidine rings is 1. The molecule has 5 nitrogen and oxygen atoms in total. The van der Waals surface area contributed by atoms with Crippen molar-refractivity contribution in [3.8, 4) is 0 Å². The van der Waals surface area contributed by atoms with Gasteiger partial charge in [-0.25, -0.2) is 4.79 Å². The lowest BCUT2D eigenvalue weighted by molar-refractivity contribution is -0.123. The van der Waals surface area contributed by atoms with E-state index in [1.54, 1.807) is 0 Å². The molecule has 22 heavy (non-hydrogen) atoms. The zero-order valence-electron chi connectivity index (χ0n) is 12.5. The predicted molar refractivity (Wildman–Crippen MR) is 82.2 cm³/mol. The fourth-order valence-electron chi connectivity index (χ4n) is 4.12. The van der Waals surface area contributed by atoms with Crippen molar-refractivity contribution >= 4 is 17.7 Å². The minimum Gasteiger partial charge on any atom is -0.465 e. The zero-order valence-corrected chi connectivity index (χ0v) is 12.5. The predicted octanol–water partition coefficient (Wildman–Crippen LogP) is 2.92. The van der Waals surface area contributed by atoms with Gasteiger partial charge in [-0.3, -0.25) is 4.79 Å². The molecule has 0 radical (unpaired) electrons. The lowest BCUT2D eigenvalue weighted by Crippen LogP contribution is -2.41. The molecule has 1 aliphatic carbocycles. The summed E-state index contributed by atoms with van der Waals surface area (Å²) in [5, 5.41) is 12.1. The van der Waals surface area contributed by atoms with E-state index in [-0.39, 0.29) is 11.3 Å². The Morgan fingerprint density at radius 2 is 2.00 bits per heavy atom. The Kier molecular flexibility index (Phi) is 2.93. The number of amides is 2. The number of carbonyl (C=O) groups excluding carboxylic acids is 1. The van der Waals surface area contributed by atoms with E-state index in [0.717, 1.165) is 37.8 Å². The fraction of sp³-hybridized carbons (Fsp3) is 0.529. The van der Waals surface area contributed by atoms with Gasteiger partial charge in [0.05, 0.1) is 5.41 Å². The molecule has 5 heteroatoms. The first-order valence-corrected chi connectivity index (χ1v) is 8.04. The third-order valence-corrected chi connectivity index (χ3v) is 5.69. The number of anilines is 1. The second-order valence-electron chi connectivity index (χ2n) is 6.74. The summed E-state index contributed by atoms with van der Waals surface area (Å²) < 4.78 is 0. The molecule has 116 valence electrons. The standard InChI is InChI=1S/C17H20N2O3/c20-15-17(6-1-7-17)13-10-12(2-3-14(13)18-15)11-4-8-19(9-5-11)16(21)22/h2-3,10-11H,1,4-9H2,(H,18,20)(H,21,22). The molecule has 4 rings (SSSR count).